The van der Waals surface area contributed by atoms with Crippen molar-refractivity contribution in [2.24, 2.45) is 5.92 Å². The number of nitrogens with zero attached hydrogens (tertiary/aromatic N) is 8. The normalized spacial score (nSPS) is 21.8. The van der Waals surface area contributed by atoms with E-state index in [0.29, 0.717) is 36.8 Å². The number of carbonyl (C=O) groups is 5. The minimum absolute atomic E-state index is 0.0235. The van der Waals surface area contributed by atoms with Crippen LogP contribution in [0.4, 0.5) is 27.3 Å². The van der Waals surface area contributed by atoms with Gasteiger partial charge in [-0.15, -0.1) is 0 Å². The zero-order valence-corrected chi connectivity index (χ0v) is 35.4. The molecule has 5 aliphatic rings. The monoisotopic (exact) mass is 867 g/mol. The predicted octanol–water partition coefficient (Wildman–Crippen LogP) is 4.60. The highest BCUT2D eigenvalue weighted by molar-refractivity contribution is 6.23. The van der Waals surface area contributed by atoms with Crippen molar-refractivity contribution in [1.29, 1.82) is 0 Å². The highest BCUT2D eigenvalue weighted by Crippen LogP contribution is 2.36. The molecule has 0 spiro atoms. The molecule has 2 aromatic heterocycles. The molecule has 0 bridgehead atoms. The predicted molar refractivity (Wildman–Crippen MR) is 237 cm³/mol. The van der Waals surface area contributed by atoms with Crippen molar-refractivity contribution < 1.29 is 28.4 Å². The van der Waals surface area contributed by atoms with Crippen molar-refractivity contribution in [3.8, 4) is 0 Å². The third kappa shape index (κ3) is 8.27. The lowest BCUT2D eigenvalue weighted by atomic mass is 9.86. The molecule has 1 aliphatic carbocycles. The SMILES string of the molecule is O=C1CC[C@H](N2C(=O)c3cc(F)c(N4CCN(CCC5CCN(c6ccc(Nc7ncnc8c7ncn8C7CC(NC(=O)Cc8ccccc8)C7)cc6)CC5)CC4)cc3C2=O)C(=O)N1. The number of benzene rings is 3. The van der Waals surface area contributed by atoms with E-state index in [9.17, 15) is 24.0 Å². The third-order valence-electron chi connectivity index (χ3n) is 13.6. The Labute approximate surface area is 369 Å². The summed E-state index contributed by atoms with van der Waals surface area (Å²) in [5, 5.41) is 8.79. The number of nitrogens with one attached hydrogen (secondary N) is 3. The maximum absolute atomic E-state index is 15.5. The molecular formula is C47H50FN11O5. The maximum Gasteiger partial charge on any atom is 0.262 e. The number of amides is 5. The van der Waals surface area contributed by atoms with E-state index in [-0.39, 0.29) is 47.6 Å². The van der Waals surface area contributed by atoms with Crippen LogP contribution in [-0.4, -0.2) is 117 Å². The van der Waals surface area contributed by atoms with Crippen LogP contribution in [0.1, 0.15) is 77.3 Å². The molecule has 330 valence electrons. The van der Waals surface area contributed by atoms with Gasteiger partial charge in [0.1, 0.15) is 18.2 Å². The molecule has 5 aromatic rings. The lowest BCUT2D eigenvalue weighted by Gasteiger charge is -2.38. The number of hydrogen-bond donors (Lipinski definition) is 3. The molecule has 0 radical (unpaired) electrons. The molecule has 3 N–H and O–H groups in total. The Morgan fingerprint density at radius 3 is 2.28 bits per heavy atom. The molecule has 5 amide bonds. The van der Waals surface area contributed by atoms with Crippen LogP contribution >= 0.6 is 0 Å². The Hall–Kier alpha value is -6.75. The summed E-state index contributed by atoms with van der Waals surface area (Å²) in [6.07, 6.45) is 8.78. The van der Waals surface area contributed by atoms with E-state index >= 15 is 4.39 Å². The molecule has 4 fully saturated rings. The van der Waals surface area contributed by atoms with Crippen LogP contribution < -0.4 is 25.8 Å². The van der Waals surface area contributed by atoms with Gasteiger partial charge in [0.15, 0.2) is 17.0 Å². The van der Waals surface area contributed by atoms with Crippen molar-refractivity contribution in [3.63, 3.8) is 0 Å². The smallest absolute Gasteiger partial charge is 0.262 e. The second-order valence-corrected chi connectivity index (χ2v) is 17.6. The molecule has 3 aromatic carbocycles. The first kappa shape index (κ1) is 41.3. The average molecular weight is 868 g/mol. The van der Waals surface area contributed by atoms with Crippen LogP contribution in [0, 0.1) is 11.7 Å². The fourth-order valence-corrected chi connectivity index (χ4v) is 9.87. The summed E-state index contributed by atoms with van der Waals surface area (Å²) >= 11 is 0. The summed E-state index contributed by atoms with van der Waals surface area (Å²) in [6.45, 7) is 5.60. The van der Waals surface area contributed by atoms with E-state index in [2.05, 4.69) is 69.5 Å². The van der Waals surface area contributed by atoms with Crippen molar-refractivity contribution in [2.45, 2.75) is 69.5 Å². The van der Waals surface area contributed by atoms with E-state index in [1.54, 1.807) is 6.33 Å². The number of imidazole rings is 1. The van der Waals surface area contributed by atoms with Crippen LogP contribution in [0.15, 0.2) is 79.4 Å². The summed E-state index contributed by atoms with van der Waals surface area (Å²) in [6, 6.07) is 20.0. The van der Waals surface area contributed by atoms with E-state index < -0.39 is 35.5 Å². The van der Waals surface area contributed by atoms with Crippen molar-refractivity contribution in [1.82, 2.24) is 40.0 Å². The largest absolute Gasteiger partial charge is 0.372 e. The van der Waals surface area contributed by atoms with Gasteiger partial charge in [-0.2, -0.15) is 0 Å². The maximum atomic E-state index is 15.5. The average Bonchev–Trinajstić information content (AvgIpc) is 3.82. The van der Waals surface area contributed by atoms with Gasteiger partial charge in [-0.1, -0.05) is 30.3 Å². The first-order valence-electron chi connectivity index (χ1n) is 22.3. The van der Waals surface area contributed by atoms with Crippen LogP contribution in [0.2, 0.25) is 0 Å². The minimum Gasteiger partial charge on any atom is -0.372 e. The van der Waals surface area contributed by atoms with E-state index in [4.69, 9.17) is 0 Å². The van der Waals surface area contributed by atoms with Crippen molar-refractivity contribution in [3.05, 3.63) is 102 Å². The number of rotatable bonds is 12. The number of piperazine rings is 1. The lowest BCUT2D eigenvalue weighted by Crippen LogP contribution is -2.54. The molecular weight excluding hydrogens is 818 g/mol. The minimum atomic E-state index is -1.09. The Bertz CT molecular complexity index is 2600. The molecule has 10 rings (SSSR count). The fraction of sp³-hybridized carbons (Fsp3) is 0.404. The van der Waals surface area contributed by atoms with Gasteiger partial charge in [-0.25, -0.2) is 19.3 Å². The van der Waals surface area contributed by atoms with Gasteiger partial charge in [0.25, 0.3) is 11.8 Å². The summed E-state index contributed by atoms with van der Waals surface area (Å²) in [4.78, 5) is 84.5. The molecule has 64 heavy (non-hydrogen) atoms. The molecule has 16 nitrogen and oxygen atoms in total. The molecule has 1 saturated carbocycles. The van der Waals surface area contributed by atoms with Crippen molar-refractivity contribution >= 4 is 63.6 Å². The second-order valence-electron chi connectivity index (χ2n) is 17.6. The summed E-state index contributed by atoms with van der Waals surface area (Å²) < 4.78 is 17.5. The number of piperidine rings is 2. The van der Waals surface area contributed by atoms with Gasteiger partial charge in [-0.05, 0) is 92.9 Å². The standard InChI is InChI=1S/C47H50FN11O5/c48-37-25-35-36(47(64)59(46(35)63)38-10-11-40(60)54-45(38)62)26-39(37)57-20-18-55(19-21-57)15-12-29-13-16-56(17-14-29)33-8-6-31(7-9-33)53-43-42-44(50-27-49-43)58(28-51-42)34-23-32(24-34)52-41(61)22-30-4-2-1-3-5-30/h1-9,25-29,32,34,38H,10-24H2,(H,52,61)(H,49,50,53)(H,54,60,62)/t32?,34?,38-/m0/s1. The third-order valence-corrected chi connectivity index (χ3v) is 13.6. The molecule has 17 heteroatoms. The van der Waals surface area contributed by atoms with E-state index in [1.807, 2.05) is 41.6 Å². The number of anilines is 4. The molecule has 1 atom stereocenters. The lowest BCUT2D eigenvalue weighted by molar-refractivity contribution is -0.136. The molecule has 3 saturated heterocycles. The van der Waals surface area contributed by atoms with Gasteiger partial charge < -0.3 is 25.0 Å². The zero-order chi connectivity index (χ0) is 43.9. The van der Waals surface area contributed by atoms with E-state index in [0.717, 1.165) is 92.7 Å². The van der Waals surface area contributed by atoms with Gasteiger partial charge in [0, 0.05) is 69.1 Å². The van der Waals surface area contributed by atoms with Gasteiger partial charge in [0.05, 0.1) is 29.6 Å². The van der Waals surface area contributed by atoms with Crippen LogP contribution in [-0.2, 0) is 20.8 Å². The molecule has 0 unspecified atom stereocenters. The zero-order valence-electron chi connectivity index (χ0n) is 35.4. The van der Waals surface area contributed by atoms with Gasteiger partial charge in [0.2, 0.25) is 17.7 Å². The number of halogens is 1. The Balaban J connectivity index is 0.665. The number of carbonyl (C=O) groups excluding carboxylic acids is 5. The topological polar surface area (TPSA) is 178 Å². The van der Waals surface area contributed by atoms with Crippen LogP contribution in [0.5, 0.6) is 0 Å². The first-order chi connectivity index (χ1) is 31.1. The summed E-state index contributed by atoms with van der Waals surface area (Å²) in [5.41, 5.74) is 4.89. The number of fused-ring (bicyclic) bond motifs is 2. The first-order valence-corrected chi connectivity index (χ1v) is 22.3. The highest BCUT2D eigenvalue weighted by Gasteiger charge is 2.45. The van der Waals surface area contributed by atoms with Crippen LogP contribution in [0.3, 0.4) is 0 Å². The van der Waals surface area contributed by atoms with E-state index in [1.165, 1.54) is 11.8 Å². The Kier molecular flexibility index (Phi) is 11.2. The Morgan fingerprint density at radius 2 is 1.55 bits per heavy atom. The fourth-order valence-electron chi connectivity index (χ4n) is 9.87. The molecule has 4 aliphatic heterocycles. The van der Waals surface area contributed by atoms with Gasteiger partial charge in [-0.3, -0.25) is 39.1 Å². The second kappa shape index (κ2) is 17.4. The van der Waals surface area contributed by atoms with Crippen molar-refractivity contribution in [2.75, 3.05) is 60.9 Å². The number of hydrogen-bond acceptors (Lipinski definition) is 12. The quantitative estimate of drug-likeness (QED) is 0.149. The summed E-state index contributed by atoms with van der Waals surface area (Å²) in [7, 11) is 0. The summed E-state index contributed by atoms with van der Waals surface area (Å²) in [5.74, 6) is -1.76. The Morgan fingerprint density at radius 1 is 0.812 bits per heavy atom. The highest BCUT2D eigenvalue weighted by atomic mass is 19.1. The molecule has 6 heterocycles. The van der Waals surface area contributed by atoms with Crippen LogP contribution in [0.25, 0.3) is 11.2 Å². The number of imide groups is 2. The van der Waals surface area contributed by atoms with Gasteiger partial charge >= 0.3 is 0 Å². The number of aromatic nitrogens is 4.